The van der Waals surface area contributed by atoms with E-state index < -0.39 is 0 Å². The summed E-state index contributed by atoms with van der Waals surface area (Å²) >= 11 is 0. The van der Waals surface area contributed by atoms with Crippen LogP contribution in [0, 0.1) is 0 Å². The summed E-state index contributed by atoms with van der Waals surface area (Å²) in [5, 5.41) is 13.3. The molecule has 1 unspecified atom stereocenters. The normalized spacial score (nSPS) is 31.1. The second-order valence-electron chi connectivity index (χ2n) is 4.72. The van der Waals surface area contributed by atoms with Crippen molar-refractivity contribution < 1.29 is 5.11 Å². The van der Waals surface area contributed by atoms with Crippen molar-refractivity contribution in [3.63, 3.8) is 0 Å². The smallest absolute Gasteiger partial charge is 0.0962 e. The highest BCUT2D eigenvalue weighted by Crippen LogP contribution is 2.27. The monoisotopic (exact) mass is 237 g/mol. The summed E-state index contributed by atoms with van der Waals surface area (Å²) in [7, 11) is 0. The van der Waals surface area contributed by atoms with Crippen molar-refractivity contribution in [3.05, 3.63) is 11.3 Å². The van der Waals surface area contributed by atoms with Gasteiger partial charge in [0.1, 0.15) is 0 Å². The Hall–Kier alpha value is -0.870. The Bertz CT molecular complexity index is 330. The Labute approximate surface area is 103 Å². The Morgan fingerprint density at radius 2 is 2.18 bits per heavy atom. The first-order chi connectivity index (χ1) is 8.24. The summed E-state index contributed by atoms with van der Waals surface area (Å²) in [6.07, 6.45) is 1.45. The highest BCUT2D eigenvalue weighted by molar-refractivity contribution is 6.05. The molecule has 96 valence electrons. The highest BCUT2D eigenvalue weighted by atomic mass is 16.3. The maximum absolute atomic E-state index is 9.94. The van der Waals surface area contributed by atoms with Crippen LogP contribution in [0.25, 0.3) is 0 Å². The van der Waals surface area contributed by atoms with Gasteiger partial charge in [-0.3, -0.25) is 4.99 Å². The van der Waals surface area contributed by atoms with Crippen LogP contribution in [0.15, 0.2) is 16.3 Å². The number of nitrogens with zero attached hydrogens (tertiary/aromatic N) is 2. The zero-order valence-corrected chi connectivity index (χ0v) is 10.9. The van der Waals surface area contributed by atoms with Crippen LogP contribution >= 0.6 is 0 Å². The molecule has 4 nitrogen and oxygen atoms in total. The topological polar surface area (TPSA) is 47.9 Å². The van der Waals surface area contributed by atoms with Crippen molar-refractivity contribution in [2.75, 3.05) is 32.7 Å². The van der Waals surface area contributed by atoms with E-state index in [-0.39, 0.29) is 6.10 Å². The van der Waals surface area contributed by atoms with E-state index in [0.29, 0.717) is 0 Å². The van der Waals surface area contributed by atoms with Gasteiger partial charge in [0.05, 0.1) is 11.8 Å². The molecule has 0 radical (unpaired) electrons. The van der Waals surface area contributed by atoms with Gasteiger partial charge in [0.25, 0.3) is 0 Å². The van der Waals surface area contributed by atoms with Gasteiger partial charge in [-0.25, -0.2) is 0 Å². The van der Waals surface area contributed by atoms with Gasteiger partial charge in [-0.2, -0.15) is 0 Å². The van der Waals surface area contributed by atoms with E-state index in [2.05, 4.69) is 22.1 Å². The molecule has 1 heterocycles. The third-order valence-electron chi connectivity index (χ3n) is 3.65. The SMILES string of the molecule is CCN=C1/C(=C(\C)N2CCNCC2)CCC1O. The summed E-state index contributed by atoms with van der Waals surface area (Å²) in [6, 6.07) is 0. The van der Waals surface area contributed by atoms with Gasteiger partial charge in [-0.15, -0.1) is 0 Å². The molecule has 1 saturated carbocycles. The lowest BCUT2D eigenvalue weighted by Gasteiger charge is -2.31. The van der Waals surface area contributed by atoms with E-state index >= 15 is 0 Å². The minimum atomic E-state index is -0.345. The fourth-order valence-electron chi connectivity index (χ4n) is 2.68. The van der Waals surface area contributed by atoms with Gasteiger partial charge >= 0.3 is 0 Å². The quantitative estimate of drug-likeness (QED) is 0.746. The molecule has 0 bridgehead atoms. The molecule has 2 N–H and O–H groups in total. The summed E-state index contributed by atoms with van der Waals surface area (Å²) < 4.78 is 0. The molecule has 17 heavy (non-hydrogen) atoms. The molecule has 0 aromatic rings. The van der Waals surface area contributed by atoms with Gasteiger partial charge in [0, 0.05) is 38.4 Å². The first-order valence-corrected chi connectivity index (χ1v) is 6.62. The molecule has 2 rings (SSSR count). The van der Waals surface area contributed by atoms with E-state index in [1.165, 1.54) is 11.3 Å². The summed E-state index contributed by atoms with van der Waals surface area (Å²) in [5.41, 5.74) is 3.53. The summed E-state index contributed by atoms with van der Waals surface area (Å²) in [5.74, 6) is 0. The molecule has 1 atom stereocenters. The van der Waals surface area contributed by atoms with Crippen molar-refractivity contribution in [2.45, 2.75) is 32.8 Å². The number of aliphatic hydroxyl groups is 1. The van der Waals surface area contributed by atoms with Gasteiger partial charge in [-0.05, 0) is 32.3 Å². The number of aliphatic imine (C=N–C) groups is 1. The highest BCUT2D eigenvalue weighted by Gasteiger charge is 2.28. The fraction of sp³-hybridized carbons (Fsp3) is 0.769. The van der Waals surface area contributed by atoms with Gasteiger partial charge in [-0.1, -0.05) is 0 Å². The first-order valence-electron chi connectivity index (χ1n) is 6.62. The van der Waals surface area contributed by atoms with Gasteiger partial charge in [0.15, 0.2) is 0 Å². The molecular formula is C13H23N3O. The van der Waals surface area contributed by atoms with Crippen LogP contribution in [0.4, 0.5) is 0 Å². The molecular weight excluding hydrogens is 214 g/mol. The average molecular weight is 237 g/mol. The van der Waals surface area contributed by atoms with Crippen LogP contribution in [-0.2, 0) is 0 Å². The largest absolute Gasteiger partial charge is 0.387 e. The number of hydrogen-bond donors (Lipinski definition) is 2. The Morgan fingerprint density at radius 3 is 2.82 bits per heavy atom. The average Bonchev–Trinajstić information content (AvgIpc) is 2.72. The van der Waals surface area contributed by atoms with Crippen LogP contribution in [0.5, 0.6) is 0 Å². The maximum Gasteiger partial charge on any atom is 0.0962 e. The van der Waals surface area contributed by atoms with Crippen LogP contribution in [0.3, 0.4) is 0 Å². The van der Waals surface area contributed by atoms with E-state index in [1.54, 1.807) is 0 Å². The van der Waals surface area contributed by atoms with Crippen LogP contribution in [-0.4, -0.2) is 54.5 Å². The molecule has 4 heteroatoms. The number of piperazine rings is 1. The third kappa shape index (κ3) is 2.69. The third-order valence-corrected chi connectivity index (χ3v) is 3.65. The molecule has 1 saturated heterocycles. The minimum absolute atomic E-state index is 0.345. The van der Waals surface area contributed by atoms with Crippen molar-refractivity contribution in [3.8, 4) is 0 Å². The van der Waals surface area contributed by atoms with Gasteiger partial charge < -0.3 is 15.3 Å². The number of hydrogen-bond acceptors (Lipinski definition) is 4. The molecule has 0 spiro atoms. The van der Waals surface area contributed by atoms with Crippen molar-refractivity contribution in [1.29, 1.82) is 0 Å². The van der Waals surface area contributed by atoms with Crippen LogP contribution in [0.1, 0.15) is 26.7 Å². The predicted molar refractivity (Wildman–Crippen MR) is 70.4 cm³/mol. The molecule has 0 aromatic heterocycles. The molecule has 2 aliphatic rings. The van der Waals surface area contributed by atoms with E-state index in [4.69, 9.17) is 0 Å². The van der Waals surface area contributed by atoms with Crippen LogP contribution in [0.2, 0.25) is 0 Å². The number of nitrogens with one attached hydrogen (secondary N) is 1. The van der Waals surface area contributed by atoms with E-state index in [1.807, 2.05) is 6.92 Å². The van der Waals surface area contributed by atoms with Crippen molar-refractivity contribution >= 4 is 5.71 Å². The fourth-order valence-corrected chi connectivity index (χ4v) is 2.68. The van der Waals surface area contributed by atoms with E-state index in [9.17, 15) is 5.11 Å². The lowest BCUT2D eigenvalue weighted by Crippen LogP contribution is -2.43. The standard InChI is InChI=1S/C13H23N3O/c1-3-15-13-11(4-5-12(13)17)10(2)16-8-6-14-7-9-16/h12,14,17H,3-9H2,1-2H3/b11-10+,15-13?. The zero-order valence-electron chi connectivity index (χ0n) is 10.9. The molecule has 0 amide bonds. The molecule has 1 aliphatic carbocycles. The number of allylic oxidation sites excluding steroid dienone is 1. The first kappa shape index (κ1) is 12.6. The van der Waals surface area contributed by atoms with Crippen molar-refractivity contribution in [1.82, 2.24) is 10.2 Å². The number of rotatable bonds is 2. The Balaban J connectivity index is 2.20. The maximum atomic E-state index is 9.94. The molecule has 1 aliphatic heterocycles. The summed E-state index contributed by atoms with van der Waals surface area (Å²) in [6.45, 7) is 9.17. The Kier molecular flexibility index (Phi) is 4.18. The van der Waals surface area contributed by atoms with Crippen molar-refractivity contribution in [2.24, 2.45) is 4.99 Å². The lowest BCUT2D eigenvalue weighted by molar-refractivity contribution is 0.242. The number of aliphatic hydroxyl groups excluding tert-OH is 1. The Morgan fingerprint density at radius 1 is 1.47 bits per heavy atom. The zero-order chi connectivity index (χ0) is 12.3. The van der Waals surface area contributed by atoms with E-state index in [0.717, 1.165) is 51.3 Å². The predicted octanol–water partition coefficient (Wildman–Crippen LogP) is 0.781. The van der Waals surface area contributed by atoms with Crippen LogP contribution < -0.4 is 5.32 Å². The lowest BCUT2D eigenvalue weighted by atomic mass is 10.1. The minimum Gasteiger partial charge on any atom is -0.387 e. The molecule has 2 fully saturated rings. The second kappa shape index (κ2) is 5.65. The summed E-state index contributed by atoms with van der Waals surface area (Å²) in [4.78, 5) is 6.88. The second-order valence-corrected chi connectivity index (χ2v) is 4.72. The van der Waals surface area contributed by atoms with Gasteiger partial charge in [0.2, 0.25) is 0 Å². The molecule has 0 aromatic carbocycles.